The van der Waals surface area contributed by atoms with E-state index in [1.54, 1.807) is 0 Å². The summed E-state index contributed by atoms with van der Waals surface area (Å²) in [5.41, 5.74) is 3.38. The van der Waals surface area contributed by atoms with Crippen molar-refractivity contribution in [2.45, 2.75) is 39.0 Å². The summed E-state index contributed by atoms with van der Waals surface area (Å²) in [5, 5.41) is 0. The molecule has 0 aromatic rings. The van der Waals surface area contributed by atoms with E-state index in [-0.39, 0.29) is 5.75 Å². The molecule has 0 spiro atoms. The van der Waals surface area contributed by atoms with Gasteiger partial charge in [0.2, 0.25) is 0 Å². The summed E-state index contributed by atoms with van der Waals surface area (Å²) < 4.78 is 27.1. The molecule has 1 rings (SSSR count). The lowest BCUT2D eigenvalue weighted by molar-refractivity contribution is 0.233. The Morgan fingerprint density at radius 3 is 2.93 bits per heavy atom. The van der Waals surface area contributed by atoms with Crippen LogP contribution in [0, 0.1) is 0 Å². The van der Waals surface area contributed by atoms with Gasteiger partial charge in [-0.25, -0.2) is 0 Å². The van der Waals surface area contributed by atoms with E-state index < -0.39 is 10.1 Å². The highest BCUT2D eigenvalue weighted by molar-refractivity contribution is 7.86. The molecule has 5 heteroatoms. The quantitative estimate of drug-likeness (QED) is 0.691. The molecule has 1 aliphatic rings. The van der Waals surface area contributed by atoms with E-state index in [0.717, 1.165) is 31.4 Å². The van der Waals surface area contributed by atoms with Crippen LogP contribution in [0.3, 0.4) is 0 Å². The highest BCUT2D eigenvalue weighted by atomic mass is 32.2. The summed E-state index contributed by atoms with van der Waals surface area (Å²) in [7, 11) is -3.38. The van der Waals surface area contributed by atoms with E-state index in [2.05, 4.69) is 9.76 Å². The van der Waals surface area contributed by atoms with Crippen molar-refractivity contribution < 1.29 is 12.7 Å². The van der Waals surface area contributed by atoms with E-state index in [9.17, 15) is 8.42 Å². The Morgan fingerprint density at radius 2 is 2.36 bits per heavy atom. The number of hydroxylamine groups is 1. The van der Waals surface area contributed by atoms with Crippen LogP contribution < -0.4 is 5.48 Å². The second-order valence-corrected chi connectivity index (χ2v) is 5.11. The zero-order valence-electron chi connectivity index (χ0n) is 8.45. The first-order valence-corrected chi connectivity index (χ1v) is 6.58. The van der Waals surface area contributed by atoms with Crippen LogP contribution >= 0.6 is 0 Å². The minimum Gasteiger partial charge on any atom is -0.254 e. The molecular formula is C9H17NO3S. The third-order valence-corrected chi connectivity index (χ3v) is 3.21. The molecule has 0 bridgehead atoms. The van der Waals surface area contributed by atoms with Gasteiger partial charge in [0.25, 0.3) is 10.1 Å². The first-order chi connectivity index (χ1) is 6.64. The summed E-state index contributed by atoms with van der Waals surface area (Å²) in [6, 6.07) is 0. The average molecular weight is 219 g/mol. The van der Waals surface area contributed by atoms with Gasteiger partial charge in [-0.3, -0.25) is 5.48 Å². The molecule has 1 N–H and O–H groups in total. The number of allylic oxidation sites excluding steroid dienone is 2. The van der Waals surface area contributed by atoms with Gasteiger partial charge in [0.1, 0.15) is 0 Å². The van der Waals surface area contributed by atoms with Gasteiger partial charge in [-0.2, -0.15) is 12.7 Å². The van der Waals surface area contributed by atoms with Gasteiger partial charge in [-0.15, -0.1) is 0 Å². The van der Waals surface area contributed by atoms with Gasteiger partial charge < -0.3 is 0 Å². The van der Waals surface area contributed by atoms with Crippen molar-refractivity contribution in [2.75, 3.05) is 5.75 Å². The molecule has 14 heavy (non-hydrogen) atoms. The lowest BCUT2D eigenvalue weighted by atomic mass is 10.3. The van der Waals surface area contributed by atoms with Crippen molar-refractivity contribution in [3.05, 3.63) is 11.8 Å². The first-order valence-electron chi connectivity index (χ1n) is 5.00. The summed E-state index contributed by atoms with van der Waals surface area (Å²) in [6.45, 7) is 1.95. The van der Waals surface area contributed by atoms with Crippen molar-refractivity contribution in [1.82, 2.24) is 5.48 Å². The van der Waals surface area contributed by atoms with Crippen LogP contribution in [0.1, 0.15) is 39.0 Å². The van der Waals surface area contributed by atoms with E-state index in [4.69, 9.17) is 0 Å². The minimum absolute atomic E-state index is 0.0871. The van der Waals surface area contributed by atoms with Crippen LogP contribution in [0.2, 0.25) is 0 Å². The fraction of sp³-hybridized carbons (Fsp3) is 0.778. The van der Waals surface area contributed by atoms with Crippen LogP contribution in [-0.2, 0) is 14.4 Å². The Labute approximate surface area is 85.4 Å². The SMILES string of the molecule is CCCCS(=O)(=O)ONC1=CCCC1. The number of nitrogens with one attached hydrogen (secondary N) is 1. The highest BCUT2D eigenvalue weighted by Gasteiger charge is 2.12. The zero-order valence-corrected chi connectivity index (χ0v) is 9.27. The Balaban J connectivity index is 2.28. The molecule has 0 radical (unpaired) electrons. The van der Waals surface area contributed by atoms with Gasteiger partial charge in [-0.05, 0) is 25.7 Å². The van der Waals surface area contributed by atoms with Crippen LogP contribution in [0.25, 0.3) is 0 Å². The largest absolute Gasteiger partial charge is 0.287 e. The fourth-order valence-electron chi connectivity index (χ4n) is 1.24. The van der Waals surface area contributed by atoms with Crippen molar-refractivity contribution >= 4 is 10.1 Å². The molecule has 0 saturated carbocycles. The molecule has 0 atom stereocenters. The Bertz CT molecular complexity index is 295. The lowest BCUT2D eigenvalue weighted by Crippen LogP contribution is -2.21. The zero-order chi connectivity index (χ0) is 10.4. The van der Waals surface area contributed by atoms with Gasteiger partial charge in [0.15, 0.2) is 0 Å². The predicted octanol–water partition coefficient (Wildman–Crippen LogP) is 1.71. The van der Waals surface area contributed by atoms with Gasteiger partial charge in [0, 0.05) is 5.70 Å². The molecule has 0 fully saturated rings. The van der Waals surface area contributed by atoms with Crippen LogP contribution in [0.4, 0.5) is 0 Å². The maximum Gasteiger partial charge on any atom is 0.287 e. The topological polar surface area (TPSA) is 55.4 Å². The fourth-order valence-corrected chi connectivity index (χ4v) is 2.20. The van der Waals surface area contributed by atoms with Crippen molar-refractivity contribution in [3.63, 3.8) is 0 Å². The second-order valence-electron chi connectivity index (χ2n) is 3.42. The minimum atomic E-state index is -3.38. The van der Waals surface area contributed by atoms with Crippen molar-refractivity contribution in [2.24, 2.45) is 0 Å². The molecule has 0 aromatic heterocycles. The summed E-state index contributed by atoms with van der Waals surface area (Å²) in [4.78, 5) is 0. The van der Waals surface area contributed by atoms with Crippen molar-refractivity contribution in [1.29, 1.82) is 0 Å². The lowest BCUT2D eigenvalue weighted by Gasteiger charge is -2.07. The number of unbranched alkanes of at least 4 members (excludes halogenated alkanes) is 1. The number of hydrogen-bond acceptors (Lipinski definition) is 4. The number of rotatable bonds is 6. The summed E-state index contributed by atoms with van der Waals surface area (Å²) in [6.07, 6.45) is 6.41. The Hall–Kier alpha value is -0.550. The Morgan fingerprint density at radius 1 is 1.57 bits per heavy atom. The molecular weight excluding hydrogens is 202 g/mol. The second kappa shape index (κ2) is 5.36. The first kappa shape index (κ1) is 11.5. The van der Waals surface area contributed by atoms with Crippen molar-refractivity contribution in [3.8, 4) is 0 Å². The standard InChI is InChI=1S/C9H17NO3S/c1-2-3-8-14(11,12)13-10-9-6-4-5-7-9/h6,10H,2-5,7-8H2,1H3. The monoisotopic (exact) mass is 219 g/mol. The maximum absolute atomic E-state index is 11.2. The molecule has 4 nitrogen and oxygen atoms in total. The summed E-state index contributed by atoms with van der Waals surface area (Å²) in [5.74, 6) is 0.0871. The number of hydrogen-bond donors (Lipinski definition) is 1. The molecule has 0 aromatic carbocycles. The maximum atomic E-state index is 11.2. The highest BCUT2D eigenvalue weighted by Crippen LogP contribution is 2.15. The van der Waals surface area contributed by atoms with E-state index >= 15 is 0 Å². The van der Waals surface area contributed by atoms with E-state index in [1.807, 2.05) is 13.0 Å². The third kappa shape index (κ3) is 4.11. The molecule has 0 amide bonds. The van der Waals surface area contributed by atoms with Gasteiger partial charge >= 0.3 is 0 Å². The van der Waals surface area contributed by atoms with E-state index in [0.29, 0.717) is 6.42 Å². The van der Waals surface area contributed by atoms with Crippen LogP contribution in [0.5, 0.6) is 0 Å². The van der Waals surface area contributed by atoms with E-state index in [1.165, 1.54) is 0 Å². The predicted molar refractivity (Wildman–Crippen MR) is 54.8 cm³/mol. The van der Waals surface area contributed by atoms with Crippen LogP contribution in [0.15, 0.2) is 11.8 Å². The Kier molecular flexibility index (Phi) is 4.41. The molecule has 82 valence electrons. The van der Waals surface area contributed by atoms with Gasteiger partial charge in [0.05, 0.1) is 5.75 Å². The molecule has 0 unspecified atom stereocenters. The molecule has 0 heterocycles. The van der Waals surface area contributed by atoms with Crippen LogP contribution in [-0.4, -0.2) is 14.2 Å². The third-order valence-electron chi connectivity index (χ3n) is 2.09. The average Bonchev–Trinajstić information content (AvgIpc) is 2.64. The van der Waals surface area contributed by atoms with Gasteiger partial charge in [-0.1, -0.05) is 19.4 Å². The normalized spacial score (nSPS) is 16.8. The molecule has 1 aliphatic carbocycles. The smallest absolute Gasteiger partial charge is 0.254 e. The molecule has 0 saturated heterocycles. The molecule has 0 aliphatic heterocycles. The summed E-state index contributed by atoms with van der Waals surface area (Å²) >= 11 is 0.